The predicted octanol–water partition coefficient (Wildman–Crippen LogP) is 7.43. The molecule has 2 heterocycles. The van der Waals surface area contributed by atoms with Crippen LogP contribution in [0, 0.1) is 0 Å². The van der Waals surface area contributed by atoms with Gasteiger partial charge in [0.2, 0.25) is 6.33 Å². The maximum Gasteiger partial charge on any atom is 0.673 e. The number of aromatic nitrogens is 2. The van der Waals surface area contributed by atoms with E-state index in [2.05, 4.69) is 0 Å². The molecule has 1 aromatic heterocycles. The van der Waals surface area contributed by atoms with Crippen molar-refractivity contribution in [3.63, 3.8) is 0 Å². The molecule has 0 N–H and O–H groups in total. The van der Waals surface area contributed by atoms with E-state index >= 15 is 0 Å². The topological polar surface area (TPSA) is 72.0 Å². The third-order valence-corrected chi connectivity index (χ3v) is 9.14. The van der Waals surface area contributed by atoms with Gasteiger partial charge in [-0.2, -0.15) is 0 Å². The van der Waals surface area contributed by atoms with Crippen molar-refractivity contribution in [2.24, 2.45) is 7.05 Å². The molecule has 0 unspecified atom stereocenters. The average Bonchev–Trinajstić information content (AvgIpc) is 3.56. The summed E-state index contributed by atoms with van der Waals surface area (Å²) in [7, 11) is -4.09. The van der Waals surface area contributed by atoms with Crippen molar-refractivity contribution < 1.29 is 50.3 Å². The summed E-state index contributed by atoms with van der Waals surface area (Å²) in [6, 6.07) is 40.2. The Labute approximate surface area is 310 Å². The number of esters is 1. The summed E-state index contributed by atoms with van der Waals surface area (Å²) < 4.78 is 75.5. The molecular weight excluding hydrogens is 711 g/mol. The van der Waals surface area contributed by atoms with Crippen molar-refractivity contribution in [2.75, 3.05) is 6.61 Å². The third kappa shape index (κ3) is 13.8. The minimum absolute atomic E-state index is 0.00582. The molecule has 4 aromatic carbocycles. The van der Waals surface area contributed by atoms with Gasteiger partial charge < -0.3 is 40.9 Å². The standard InChI is InChI=1S/C39H41N2O6S.BF4/c1-40-22-23-41(29-40)24-35(42)43-28-34-36(44-25-30-14-6-2-7-15-30)37(45-26-31-16-8-3-9-17-31)38(46-27-32-18-10-4-11-19-32)39(47-34)48-33-20-12-5-13-21-33;2-1(3,4)5/h2-23,29,34,36-39H,24-28H2,1H3;/q+1;-1/t34-,36-,37+,38-,39+;/m1./s1. The average molecular weight is 753 g/mol. The molecule has 1 fully saturated rings. The van der Waals surface area contributed by atoms with Gasteiger partial charge in [-0.15, -0.1) is 0 Å². The molecule has 0 saturated carbocycles. The Balaban J connectivity index is 0.00000101. The molecule has 280 valence electrons. The van der Waals surface area contributed by atoms with Crippen LogP contribution in [-0.4, -0.2) is 54.2 Å². The van der Waals surface area contributed by atoms with E-state index in [0.29, 0.717) is 19.8 Å². The van der Waals surface area contributed by atoms with Gasteiger partial charge in [-0.1, -0.05) is 121 Å². The number of carbonyl (C=O) groups excluding carboxylic acids is 1. The van der Waals surface area contributed by atoms with Gasteiger partial charge in [-0.05, 0) is 28.8 Å². The Kier molecular flexibility index (Phi) is 15.1. The second kappa shape index (κ2) is 20.1. The summed E-state index contributed by atoms with van der Waals surface area (Å²) in [6.07, 6.45) is 3.22. The highest BCUT2D eigenvalue weighted by Gasteiger charge is 2.49. The van der Waals surface area contributed by atoms with E-state index in [0.717, 1.165) is 21.6 Å². The number of rotatable bonds is 15. The molecule has 14 heteroatoms. The van der Waals surface area contributed by atoms with Crippen LogP contribution in [0.25, 0.3) is 0 Å². The Bertz CT molecular complexity index is 1790. The summed E-state index contributed by atoms with van der Waals surface area (Å²) in [6.45, 7) is 1.12. The molecule has 0 bridgehead atoms. The van der Waals surface area contributed by atoms with Crippen LogP contribution in [0.4, 0.5) is 17.3 Å². The first-order valence-corrected chi connectivity index (χ1v) is 17.9. The van der Waals surface area contributed by atoms with Crippen molar-refractivity contribution >= 4 is 25.0 Å². The largest absolute Gasteiger partial charge is 0.673 e. The maximum atomic E-state index is 13.0. The Hall–Kier alpha value is -4.47. The maximum absolute atomic E-state index is 13.0. The monoisotopic (exact) mass is 752 g/mol. The van der Waals surface area contributed by atoms with E-state index in [1.807, 2.05) is 152 Å². The number of benzene rings is 4. The number of hydrogen-bond donors (Lipinski definition) is 0. The van der Waals surface area contributed by atoms with Crippen LogP contribution >= 0.6 is 11.8 Å². The first-order valence-electron chi connectivity index (χ1n) is 17.0. The van der Waals surface area contributed by atoms with Crippen molar-refractivity contribution in [1.82, 2.24) is 4.57 Å². The molecule has 1 saturated heterocycles. The fraction of sp³-hybridized carbons (Fsp3) is 0.282. The minimum atomic E-state index is -6.00. The summed E-state index contributed by atoms with van der Waals surface area (Å²) in [5.41, 5.74) is 2.60. The second-order valence-electron chi connectivity index (χ2n) is 12.2. The zero-order chi connectivity index (χ0) is 37.5. The van der Waals surface area contributed by atoms with Gasteiger partial charge in [0.05, 0.1) is 26.9 Å². The highest BCUT2D eigenvalue weighted by Crippen LogP contribution is 2.38. The third-order valence-electron chi connectivity index (χ3n) is 7.99. The normalized spacial score (nSPS) is 19.9. The zero-order valence-corrected chi connectivity index (χ0v) is 29.9. The highest BCUT2D eigenvalue weighted by molar-refractivity contribution is 7.99. The fourth-order valence-corrected chi connectivity index (χ4v) is 6.72. The molecule has 0 amide bonds. The lowest BCUT2D eigenvalue weighted by Crippen LogP contribution is -2.60. The molecule has 0 radical (unpaired) electrons. The van der Waals surface area contributed by atoms with Gasteiger partial charge in [-0.25, -0.2) is 13.9 Å². The first kappa shape index (κ1) is 39.7. The van der Waals surface area contributed by atoms with Crippen LogP contribution < -0.4 is 4.57 Å². The van der Waals surface area contributed by atoms with E-state index in [-0.39, 0.29) is 19.1 Å². The number of halogens is 4. The van der Waals surface area contributed by atoms with E-state index in [1.54, 1.807) is 16.3 Å². The zero-order valence-electron chi connectivity index (χ0n) is 29.0. The molecule has 1 aliphatic heterocycles. The predicted molar refractivity (Wildman–Crippen MR) is 193 cm³/mol. The van der Waals surface area contributed by atoms with Crippen LogP contribution in [0.3, 0.4) is 0 Å². The van der Waals surface area contributed by atoms with Crippen molar-refractivity contribution in [2.45, 2.75) is 61.1 Å². The van der Waals surface area contributed by atoms with Crippen LogP contribution in [0.5, 0.6) is 0 Å². The summed E-state index contributed by atoms with van der Waals surface area (Å²) in [4.78, 5) is 14.1. The molecule has 8 nitrogen and oxygen atoms in total. The molecule has 0 aliphatic carbocycles. The van der Waals surface area contributed by atoms with Crippen LogP contribution in [0.15, 0.2) is 145 Å². The molecule has 5 aromatic rings. The number of carbonyl (C=O) groups is 1. The second-order valence-corrected chi connectivity index (χ2v) is 13.4. The van der Waals surface area contributed by atoms with Crippen LogP contribution in [-0.2, 0) is 61.9 Å². The lowest BCUT2D eigenvalue weighted by molar-refractivity contribution is -0.671. The van der Waals surface area contributed by atoms with Gasteiger partial charge in [0.1, 0.15) is 48.9 Å². The number of hydrogen-bond acceptors (Lipinski definition) is 7. The van der Waals surface area contributed by atoms with E-state index in [9.17, 15) is 22.1 Å². The van der Waals surface area contributed by atoms with Gasteiger partial charge in [-0.3, -0.25) is 0 Å². The number of thioether (sulfide) groups is 1. The van der Waals surface area contributed by atoms with Crippen LogP contribution in [0.1, 0.15) is 16.7 Å². The molecule has 53 heavy (non-hydrogen) atoms. The van der Waals surface area contributed by atoms with Crippen molar-refractivity contribution in [3.8, 4) is 0 Å². The Morgan fingerprint density at radius 2 is 1.17 bits per heavy atom. The molecule has 5 atom stereocenters. The lowest BCUT2D eigenvalue weighted by Gasteiger charge is -2.45. The SMILES string of the molecule is C[n+]1ccn(CC(=O)OC[C@H]2O[C@@H](Sc3ccccc3)[C@H](OCc3ccccc3)[C@@H](OCc3ccccc3)[C@@H]2OCc2ccccc2)c1.F[B-](F)(F)F. The lowest BCUT2D eigenvalue weighted by atomic mass is 9.99. The number of ether oxygens (including phenoxy) is 5. The minimum Gasteiger partial charge on any atom is -0.460 e. The molecule has 0 spiro atoms. The summed E-state index contributed by atoms with van der Waals surface area (Å²) >= 11 is 1.56. The smallest absolute Gasteiger partial charge is 0.460 e. The van der Waals surface area contributed by atoms with Gasteiger partial charge in [0, 0.05) is 4.90 Å². The van der Waals surface area contributed by atoms with Gasteiger partial charge in [0.25, 0.3) is 0 Å². The van der Waals surface area contributed by atoms with Crippen LogP contribution in [0.2, 0.25) is 0 Å². The highest BCUT2D eigenvalue weighted by atomic mass is 32.2. The quantitative estimate of drug-likeness (QED) is 0.0477. The summed E-state index contributed by atoms with van der Waals surface area (Å²) in [5.74, 6) is -0.368. The molecule has 1 aliphatic rings. The first-order chi connectivity index (χ1) is 25.6. The molecule has 6 rings (SSSR count). The Morgan fingerprint density at radius 3 is 1.64 bits per heavy atom. The number of imidazole rings is 1. The Morgan fingerprint density at radius 1 is 0.717 bits per heavy atom. The number of aryl methyl sites for hydroxylation is 1. The number of nitrogens with zero attached hydrogens (tertiary/aromatic N) is 2. The van der Waals surface area contributed by atoms with Crippen molar-refractivity contribution in [3.05, 3.63) is 157 Å². The molecular formula is C39H41BF4N2O6S. The van der Waals surface area contributed by atoms with E-state index in [1.165, 1.54) is 0 Å². The van der Waals surface area contributed by atoms with Gasteiger partial charge >= 0.3 is 13.2 Å². The summed E-state index contributed by atoms with van der Waals surface area (Å²) in [5, 5.41) is 0. The van der Waals surface area contributed by atoms with Crippen molar-refractivity contribution in [1.29, 1.82) is 0 Å². The van der Waals surface area contributed by atoms with E-state index in [4.69, 9.17) is 23.7 Å². The van der Waals surface area contributed by atoms with E-state index < -0.39 is 37.1 Å². The van der Waals surface area contributed by atoms with Gasteiger partial charge in [0.15, 0.2) is 6.54 Å². The fourth-order valence-electron chi connectivity index (χ4n) is 5.57.